The first-order valence-electron chi connectivity index (χ1n) is 9.48. The van der Waals surface area contributed by atoms with Crippen molar-refractivity contribution in [2.24, 2.45) is 11.3 Å². The highest BCUT2D eigenvalue weighted by Gasteiger charge is 2.34. The van der Waals surface area contributed by atoms with Crippen LogP contribution in [-0.4, -0.2) is 36.6 Å². The fourth-order valence-corrected chi connectivity index (χ4v) is 4.64. The van der Waals surface area contributed by atoms with Gasteiger partial charge in [-0.15, -0.1) is 0 Å². The van der Waals surface area contributed by atoms with Gasteiger partial charge >= 0.3 is 0 Å². The first-order valence-corrected chi connectivity index (χ1v) is 9.48. The molecular formula is C19H38N2. The summed E-state index contributed by atoms with van der Waals surface area (Å²) in [6, 6.07) is 1.48. The molecule has 0 bridgehead atoms. The average molecular weight is 295 g/mol. The largest absolute Gasteiger partial charge is 0.313 e. The zero-order chi connectivity index (χ0) is 15.3. The van der Waals surface area contributed by atoms with Crippen LogP contribution in [0.25, 0.3) is 0 Å². The number of likely N-dealkylation sites (tertiary alicyclic amines) is 1. The van der Waals surface area contributed by atoms with Gasteiger partial charge in [-0.2, -0.15) is 0 Å². The summed E-state index contributed by atoms with van der Waals surface area (Å²) in [5, 5.41) is 3.98. The summed E-state index contributed by atoms with van der Waals surface area (Å²) in [6.07, 6.45) is 11.3. The summed E-state index contributed by atoms with van der Waals surface area (Å²) >= 11 is 0. The van der Waals surface area contributed by atoms with Crippen LogP contribution >= 0.6 is 0 Å². The second-order valence-electron chi connectivity index (χ2n) is 8.44. The third kappa shape index (κ3) is 5.25. The van der Waals surface area contributed by atoms with Crippen LogP contribution in [0.3, 0.4) is 0 Å². The lowest BCUT2D eigenvalue weighted by molar-refractivity contribution is 0.207. The minimum Gasteiger partial charge on any atom is -0.313 e. The SMILES string of the molecule is CC(C)CC1(CNC2CCCN(C(C)C)CC2)CCCC1. The highest BCUT2D eigenvalue weighted by Crippen LogP contribution is 2.42. The smallest absolute Gasteiger partial charge is 0.00799 e. The molecule has 1 saturated heterocycles. The van der Waals surface area contributed by atoms with E-state index in [1.165, 1.54) is 71.0 Å². The fourth-order valence-electron chi connectivity index (χ4n) is 4.64. The van der Waals surface area contributed by atoms with Crippen LogP contribution in [-0.2, 0) is 0 Å². The van der Waals surface area contributed by atoms with E-state index in [1.54, 1.807) is 0 Å². The van der Waals surface area contributed by atoms with Gasteiger partial charge in [0.25, 0.3) is 0 Å². The van der Waals surface area contributed by atoms with E-state index >= 15 is 0 Å². The first-order chi connectivity index (χ1) is 10.0. The maximum Gasteiger partial charge on any atom is 0.00799 e. The second-order valence-corrected chi connectivity index (χ2v) is 8.44. The maximum atomic E-state index is 3.98. The fraction of sp³-hybridized carbons (Fsp3) is 1.00. The monoisotopic (exact) mass is 294 g/mol. The minimum absolute atomic E-state index is 0.623. The van der Waals surface area contributed by atoms with Gasteiger partial charge in [0, 0.05) is 18.6 Å². The van der Waals surface area contributed by atoms with E-state index in [9.17, 15) is 0 Å². The Bertz CT molecular complexity index is 292. The molecule has 1 aliphatic carbocycles. The standard InChI is InChI=1S/C19H38N2/c1-16(2)14-19(10-5-6-11-19)15-20-18-8-7-12-21(13-9-18)17(3)4/h16-18,20H,5-15H2,1-4H3. The van der Waals surface area contributed by atoms with E-state index in [-0.39, 0.29) is 0 Å². The highest BCUT2D eigenvalue weighted by molar-refractivity contribution is 4.89. The lowest BCUT2D eigenvalue weighted by atomic mass is 9.78. The summed E-state index contributed by atoms with van der Waals surface area (Å²) in [5.74, 6) is 0.843. The van der Waals surface area contributed by atoms with Crippen LogP contribution in [0.1, 0.15) is 79.1 Å². The van der Waals surface area contributed by atoms with Gasteiger partial charge < -0.3 is 10.2 Å². The summed E-state index contributed by atoms with van der Waals surface area (Å²) in [7, 11) is 0. The van der Waals surface area contributed by atoms with Crippen molar-refractivity contribution in [2.75, 3.05) is 19.6 Å². The van der Waals surface area contributed by atoms with E-state index in [0.29, 0.717) is 11.5 Å². The van der Waals surface area contributed by atoms with E-state index < -0.39 is 0 Å². The number of nitrogens with zero attached hydrogens (tertiary/aromatic N) is 1. The molecule has 124 valence electrons. The normalized spacial score (nSPS) is 27.4. The third-order valence-corrected chi connectivity index (χ3v) is 5.76. The predicted octanol–water partition coefficient (Wildman–Crippen LogP) is 4.45. The molecule has 0 radical (unpaired) electrons. The summed E-state index contributed by atoms with van der Waals surface area (Å²) < 4.78 is 0. The van der Waals surface area contributed by atoms with Gasteiger partial charge in [-0.1, -0.05) is 26.7 Å². The molecule has 1 aliphatic heterocycles. The van der Waals surface area contributed by atoms with E-state index in [2.05, 4.69) is 37.9 Å². The van der Waals surface area contributed by atoms with E-state index in [1.807, 2.05) is 0 Å². The lowest BCUT2D eigenvalue weighted by Crippen LogP contribution is -2.40. The molecule has 0 amide bonds. The molecule has 2 fully saturated rings. The Morgan fingerprint density at radius 1 is 1.00 bits per heavy atom. The molecule has 0 aromatic rings. The predicted molar refractivity (Wildman–Crippen MR) is 92.7 cm³/mol. The van der Waals surface area contributed by atoms with Crippen LogP contribution in [0.2, 0.25) is 0 Å². The number of hydrogen-bond donors (Lipinski definition) is 1. The van der Waals surface area contributed by atoms with Gasteiger partial charge in [-0.05, 0) is 76.8 Å². The van der Waals surface area contributed by atoms with Crippen molar-refractivity contribution in [1.29, 1.82) is 0 Å². The Kier molecular flexibility index (Phi) is 6.55. The Morgan fingerprint density at radius 2 is 1.71 bits per heavy atom. The van der Waals surface area contributed by atoms with Crippen molar-refractivity contribution < 1.29 is 0 Å². The minimum atomic E-state index is 0.623. The first kappa shape index (κ1) is 17.3. The van der Waals surface area contributed by atoms with Gasteiger partial charge in [-0.3, -0.25) is 0 Å². The van der Waals surface area contributed by atoms with Gasteiger partial charge in [-0.25, -0.2) is 0 Å². The molecule has 0 aromatic heterocycles. The van der Waals surface area contributed by atoms with E-state index in [0.717, 1.165) is 12.0 Å². The molecule has 1 atom stereocenters. The average Bonchev–Trinajstić information content (AvgIpc) is 2.73. The summed E-state index contributed by atoms with van der Waals surface area (Å²) in [4.78, 5) is 2.65. The van der Waals surface area contributed by atoms with Gasteiger partial charge in [0.1, 0.15) is 0 Å². The Hall–Kier alpha value is -0.0800. The highest BCUT2D eigenvalue weighted by atomic mass is 15.1. The molecule has 1 N–H and O–H groups in total. The molecule has 2 heteroatoms. The van der Waals surface area contributed by atoms with Crippen molar-refractivity contribution >= 4 is 0 Å². The van der Waals surface area contributed by atoms with Crippen LogP contribution in [0.5, 0.6) is 0 Å². The molecular weight excluding hydrogens is 256 g/mol. The molecule has 2 rings (SSSR count). The van der Waals surface area contributed by atoms with Crippen LogP contribution in [0.15, 0.2) is 0 Å². The summed E-state index contributed by atoms with van der Waals surface area (Å²) in [5.41, 5.74) is 0.623. The van der Waals surface area contributed by atoms with Gasteiger partial charge in [0.2, 0.25) is 0 Å². The maximum absolute atomic E-state index is 3.98. The van der Waals surface area contributed by atoms with Crippen molar-refractivity contribution in [2.45, 2.75) is 91.1 Å². The zero-order valence-corrected chi connectivity index (χ0v) is 15.0. The second kappa shape index (κ2) is 7.97. The third-order valence-electron chi connectivity index (χ3n) is 5.76. The van der Waals surface area contributed by atoms with Gasteiger partial charge in [0.05, 0.1) is 0 Å². The topological polar surface area (TPSA) is 15.3 Å². The van der Waals surface area contributed by atoms with Gasteiger partial charge in [0.15, 0.2) is 0 Å². The Morgan fingerprint density at radius 3 is 2.33 bits per heavy atom. The molecule has 1 unspecified atom stereocenters. The molecule has 0 spiro atoms. The number of rotatable bonds is 6. The zero-order valence-electron chi connectivity index (χ0n) is 15.0. The van der Waals surface area contributed by atoms with Crippen molar-refractivity contribution in [3.05, 3.63) is 0 Å². The van der Waals surface area contributed by atoms with Crippen LogP contribution in [0, 0.1) is 11.3 Å². The molecule has 1 heterocycles. The molecule has 0 aromatic carbocycles. The number of nitrogens with one attached hydrogen (secondary N) is 1. The van der Waals surface area contributed by atoms with E-state index in [4.69, 9.17) is 0 Å². The number of hydrogen-bond acceptors (Lipinski definition) is 2. The Labute approximate surface area is 133 Å². The quantitative estimate of drug-likeness (QED) is 0.779. The molecule has 21 heavy (non-hydrogen) atoms. The van der Waals surface area contributed by atoms with Crippen molar-refractivity contribution in [1.82, 2.24) is 10.2 Å². The molecule has 1 saturated carbocycles. The van der Waals surface area contributed by atoms with Crippen LogP contribution in [0.4, 0.5) is 0 Å². The molecule has 2 aliphatic rings. The van der Waals surface area contributed by atoms with Crippen molar-refractivity contribution in [3.8, 4) is 0 Å². The summed E-state index contributed by atoms with van der Waals surface area (Å²) in [6.45, 7) is 13.3. The Balaban J connectivity index is 1.81. The van der Waals surface area contributed by atoms with Crippen LogP contribution < -0.4 is 5.32 Å². The molecule has 2 nitrogen and oxygen atoms in total. The lowest BCUT2D eigenvalue weighted by Gasteiger charge is -2.33. The van der Waals surface area contributed by atoms with Crippen molar-refractivity contribution in [3.63, 3.8) is 0 Å².